The molecule has 1 aliphatic heterocycles. The Labute approximate surface area is 144 Å². The van der Waals surface area contributed by atoms with Gasteiger partial charge in [0.25, 0.3) is 5.91 Å². The van der Waals surface area contributed by atoms with Gasteiger partial charge in [0.05, 0.1) is 11.0 Å². The van der Waals surface area contributed by atoms with Crippen LogP contribution in [0.2, 0.25) is 0 Å². The highest BCUT2D eigenvalue weighted by molar-refractivity contribution is 6.06. The summed E-state index contributed by atoms with van der Waals surface area (Å²) in [6.45, 7) is 5.03. The van der Waals surface area contributed by atoms with Crippen molar-refractivity contribution >= 4 is 22.6 Å². The van der Waals surface area contributed by atoms with Crippen molar-refractivity contribution in [2.45, 2.75) is 26.4 Å². The zero-order chi connectivity index (χ0) is 17.4. The average Bonchev–Trinajstić information content (AvgIpc) is 3.16. The summed E-state index contributed by atoms with van der Waals surface area (Å²) in [6, 6.07) is 11.2. The molecule has 2 aromatic carbocycles. The Kier molecular flexibility index (Phi) is 3.89. The zero-order valence-corrected chi connectivity index (χ0v) is 14.1. The van der Waals surface area contributed by atoms with Crippen LogP contribution < -0.4 is 11.0 Å². The molecule has 1 amide bonds. The van der Waals surface area contributed by atoms with Crippen LogP contribution in [0.1, 0.15) is 34.8 Å². The van der Waals surface area contributed by atoms with Crippen LogP contribution >= 0.6 is 0 Å². The summed E-state index contributed by atoms with van der Waals surface area (Å²) in [7, 11) is 0. The smallest absolute Gasteiger partial charge is 0.322 e. The number of anilines is 1. The minimum absolute atomic E-state index is 0.175. The van der Waals surface area contributed by atoms with E-state index in [1.807, 2.05) is 12.1 Å². The molecular formula is C19H20N4O2. The van der Waals surface area contributed by atoms with Crippen molar-refractivity contribution in [2.75, 3.05) is 11.9 Å². The third kappa shape index (κ3) is 2.96. The van der Waals surface area contributed by atoms with Crippen LogP contribution in [0, 0.1) is 0 Å². The number of hydrogen-bond acceptors (Lipinski definition) is 3. The highest BCUT2D eigenvalue weighted by atomic mass is 16.2. The van der Waals surface area contributed by atoms with Crippen LogP contribution in [-0.2, 0) is 13.1 Å². The number of nitrogens with one attached hydrogen (secondary N) is 3. The van der Waals surface area contributed by atoms with E-state index in [2.05, 4.69) is 33.2 Å². The number of aromatic amines is 2. The summed E-state index contributed by atoms with van der Waals surface area (Å²) < 4.78 is 0. The van der Waals surface area contributed by atoms with Crippen LogP contribution in [0.3, 0.4) is 0 Å². The van der Waals surface area contributed by atoms with E-state index in [9.17, 15) is 9.59 Å². The Morgan fingerprint density at radius 2 is 2.00 bits per heavy atom. The van der Waals surface area contributed by atoms with Crippen LogP contribution in [0.25, 0.3) is 11.0 Å². The van der Waals surface area contributed by atoms with Crippen molar-refractivity contribution in [3.05, 3.63) is 63.6 Å². The van der Waals surface area contributed by atoms with E-state index < -0.39 is 0 Å². The lowest BCUT2D eigenvalue weighted by Crippen LogP contribution is -2.17. The van der Waals surface area contributed by atoms with Gasteiger partial charge < -0.3 is 15.3 Å². The van der Waals surface area contributed by atoms with Crippen LogP contribution in [0.15, 0.2) is 41.2 Å². The second kappa shape index (κ2) is 6.22. The van der Waals surface area contributed by atoms with Gasteiger partial charge in [-0.05, 0) is 48.4 Å². The van der Waals surface area contributed by atoms with Gasteiger partial charge in [-0.2, -0.15) is 0 Å². The molecule has 2 heterocycles. The van der Waals surface area contributed by atoms with E-state index in [0.717, 1.165) is 31.7 Å². The first kappa shape index (κ1) is 15.7. The van der Waals surface area contributed by atoms with Crippen molar-refractivity contribution in [2.24, 2.45) is 0 Å². The summed E-state index contributed by atoms with van der Waals surface area (Å²) in [6.07, 6.45) is 1.12. The van der Waals surface area contributed by atoms with Crippen LogP contribution in [0.4, 0.5) is 5.69 Å². The summed E-state index contributed by atoms with van der Waals surface area (Å²) >= 11 is 0. The normalized spacial score (nSPS) is 14.0. The highest BCUT2D eigenvalue weighted by Crippen LogP contribution is 2.29. The number of H-pyrrole nitrogens is 2. The molecule has 0 bridgehead atoms. The number of carbonyl (C=O) groups excluding carboxylic acids is 1. The quantitative estimate of drug-likeness (QED) is 0.685. The number of nitrogens with zero attached hydrogens (tertiary/aromatic N) is 1. The number of carbonyl (C=O) groups is 1. The molecule has 128 valence electrons. The summed E-state index contributed by atoms with van der Waals surface area (Å²) in [5, 5.41) is 3.02. The topological polar surface area (TPSA) is 81.0 Å². The average molecular weight is 336 g/mol. The second-order valence-electron chi connectivity index (χ2n) is 6.45. The largest absolute Gasteiger partial charge is 0.323 e. The fourth-order valence-corrected chi connectivity index (χ4v) is 3.45. The van der Waals surface area contributed by atoms with Gasteiger partial charge in [0.1, 0.15) is 0 Å². The Morgan fingerprint density at radius 3 is 2.84 bits per heavy atom. The highest BCUT2D eigenvalue weighted by Gasteiger charge is 2.21. The molecule has 1 aromatic heterocycles. The standard InChI is InChI=1S/C19H20N4O2/c1-2-8-23-10-13-4-3-5-15(14(13)11-23)20-18(24)12-6-7-16-17(9-12)22-19(25)21-16/h3-7,9H,2,8,10-11H2,1H3,(H,20,24)(H2,21,22,25). The molecule has 0 atom stereocenters. The lowest BCUT2D eigenvalue weighted by atomic mass is 10.1. The minimum Gasteiger partial charge on any atom is -0.322 e. The zero-order valence-electron chi connectivity index (χ0n) is 14.1. The first-order valence-corrected chi connectivity index (χ1v) is 8.50. The summed E-state index contributed by atoms with van der Waals surface area (Å²) in [5.41, 5.74) is 4.90. The number of imidazole rings is 1. The first-order valence-electron chi connectivity index (χ1n) is 8.50. The van der Waals surface area contributed by atoms with Gasteiger partial charge in [0.15, 0.2) is 0 Å². The fraction of sp³-hybridized carbons (Fsp3) is 0.263. The van der Waals surface area contributed by atoms with Gasteiger partial charge in [-0.3, -0.25) is 9.69 Å². The van der Waals surface area contributed by atoms with Crippen LogP contribution in [0.5, 0.6) is 0 Å². The molecule has 3 aromatic rings. The molecule has 0 saturated carbocycles. The van der Waals surface area contributed by atoms with Crippen molar-refractivity contribution < 1.29 is 4.79 Å². The maximum Gasteiger partial charge on any atom is 0.323 e. The molecule has 25 heavy (non-hydrogen) atoms. The van der Waals surface area contributed by atoms with E-state index in [-0.39, 0.29) is 11.6 Å². The van der Waals surface area contributed by atoms with Gasteiger partial charge >= 0.3 is 5.69 Å². The monoisotopic (exact) mass is 336 g/mol. The van der Waals surface area contributed by atoms with Gasteiger partial charge in [0, 0.05) is 24.3 Å². The SMILES string of the molecule is CCCN1Cc2cccc(NC(=O)c3ccc4[nH]c(=O)[nH]c4c3)c2C1. The molecule has 0 saturated heterocycles. The number of rotatable bonds is 4. The Bertz CT molecular complexity index is 1000. The van der Waals surface area contributed by atoms with Crippen molar-refractivity contribution in [3.8, 4) is 0 Å². The molecular weight excluding hydrogens is 316 g/mol. The summed E-state index contributed by atoms with van der Waals surface area (Å²) in [4.78, 5) is 31.7. The number of amides is 1. The molecule has 0 fully saturated rings. The Hall–Kier alpha value is -2.86. The molecule has 6 heteroatoms. The number of aromatic nitrogens is 2. The Morgan fingerprint density at radius 1 is 1.16 bits per heavy atom. The molecule has 0 unspecified atom stereocenters. The molecule has 1 aliphatic rings. The van der Waals surface area contributed by atoms with Gasteiger partial charge in [-0.1, -0.05) is 19.1 Å². The van der Waals surface area contributed by atoms with Gasteiger partial charge in [-0.25, -0.2) is 4.79 Å². The minimum atomic E-state index is -0.274. The lowest BCUT2D eigenvalue weighted by molar-refractivity contribution is 0.102. The van der Waals surface area contributed by atoms with Gasteiger partial charge in [0.2, 0.25) is 0 Å². The van der Waals surface area contributed by atoms with E-state index in [1.54, 1.807) is 18.2 Å². The maximum atomic E-state index is 12.6. The van der Waals surface area contributed by atoms with Crippen molar-refractivity contribution in [1.82, 2.24) is 14.9 Å². The molecule has 0 radical (unpaired) electrons. The van der Waals surface area contributed by atoms with Crippen molar-refractivity contribution in [1.29, 1.82) is 0 Å². The van der Waals surface area contributed by atoms with E-state index in [0.29, 0.717) is 16.6 Å². The lowest BCUT2D eigenvalue weighted by Gasteiger charge is -2.13. The molecule has 4 rings (SSSR count). The molecule has 0 spiro atoms. The van der Waals surface area contributed by atoms with E-state index >= 15 is 0 Å². The summed E-state index contributed by atoms with van der Waals surface area (Å²) in [5.74, 6) is -0.175. The number of fused-ring (bicyclic) bond motifs is 2. The fourth-order valence-electron chi connectivity index (χ4n) is 3.45. The third-order valence-electron chi connectivity index (χ3n) is 4.61. The van der Waals surface area contributed by atoms with E-state index in [4.69, 9.17) is 0 Å². The maximum absolute atomic E-state index is 12.6. The molecule has 3 N–H and O–H groups in total. The number of benzene rings is 2. The predicted octanol–water partition coefficient (Wildman–Crippen LogP) is 2.83. The second-order valence-corrected chi connectivity index (χ2v) is 6.45. The number of hydrogen-bond donors (Lipinski definition) is 3. The Balaban J connectivity index is 1.59. The predicted molar refractivity (Wildman–Crippen MR) is 97.7 cm³/mol. The van der Waals surface area contributed by atoms with Gasteiger partial charge in [-0.15, -0.1) is 0 Å². The molecule has 0 aliphatic carbocycles. The van der Waals surface area contributed by atoms with Crippen molar-refractivity contribution in [3.63, 3.8) is 0 Å². The third-order valence-corrected chi connectivity index (χ3v) is 4.61. The van der Waals surface area contributed by atoms with E-state index in [1.165, 1.54) is 11.1 Å². The van der Waals surface area contributed by atoms with Crippen LogP contribution in [-0.4, -0.2) is 27.3 Å². The first-order chi connectivity index (χ1) is 12.1. The molecule has 6 nitrogen and oxygen atoms in total.